The maximum Gasteiger partial charge on any atom is 0.264 e. The Labute approximate surface area is 129 Å². The largest absolute Gasteiger partial charge is 0.334 e. The predicted octanol–water partition coefficient (Wildman–Crippen LogP) is 4.59. The highest BCUT2D eigenvalue weighted by molar-refractivity contribution is 7.14. The third-order valence-corrected chi connectivity index (χ3v) is 4.95. The molecule has 0 aliphatic heterocycles. The van der Waals surface area contributed by atoms with Crippen LogP contribution in [0.15, 0.2) is 30.3 Å². The van der Waals surface area contributed by atoms with E-state index in [-0.39, 0.29) is 17.8 Å². The lowest BCUT2D eigenvalue weighted by atomic mass is 10.1. The topological polar surface area (TPSA) is 20.3 Å². The summed E-state index contributed by atoms with van der Waals surface area (Å²) in [6, 6.07) is 8.19. The quantitative estimate of drug-likeness (QED) is 0.809. The molecule has 2 rings (SSSR count). The molecule has 0 radical (unpaired) electrons. The molecule has 1 unspecified atom stereocenters. The van der Waals surface area contributed by atoms with Gasteiger partial charge in [0.05, 0.1) is 10.9 Å². The van der Waals surface area contributed by atoms with Gasteiger partial charge in [-0.1, -0.05) is 19.1 Å². The number of thiophene rings is 1. The van der Waals surface area contributed by atoms with Gasteiger partial charge in [-0.25, -0.2) is 4.39 Å². The van der Waals surface area contributed by atoms with E-state index < -0.39 is 0 Å². The fourth-order valence-electron chi connectivity index (χ4n) is 2.29. The summed E-state index contributed by atoms with van der Waals surface area (Å²) in [7, 11) is 1.79. The second kappa shape index (κ2) is 6.39. The van der Waals surface area contributed by atoms with E-state index in [1.54, 1.807) is 24.1 Å². The van der Waals surface area contributed by atoms with Crippen molar-refractivity contribution in [3.8, 4) is 0 Å². The first-order chi connectivity index (χ1) is 9.93. The number of halogens is 1. The van der Waals surface area contributed by atoms with E-state index in [0.29, 0.717) is 0 Å². The monoisotopic (exact) mass is 305 g/mol. The Kier molecular flexibility index (Phi) is 4.78. The molecule has 1 atom stereocenters. The van der Waals surface area contributed by atoms with Gasteiger partial charge < -0.3 is 4.90 Å². The van der Waals surface area contributed by atoms with E-state index in [4.69, 9.17) is 0 Å². The second-order valence-corrected chi connectivity index (χ2v) is 6.45. The van der Waals surface area contributed by atoms with Crippen molar-refractivity contribution in [2.45, 2.75) is 33.2 Å². The number of nitrogens with zero attached hydrogens (tertiary/aromatic N) is 1. The van der Waals surface area contributed by atoms with Gasteiger partial charge in [-0.05, 0) is 49.6 Å². The molecule has 0 saturated carbocycles. The zero-order chi connectivity index (χ0) is 15.6. The van der Waals surface area contributed by atoms with Crippen molar-refractivity contribution in [1.82, 2.24) is 4.90 Å². The van der Waals surface area contributed by atoms with E-state index in [1.807, 2.05) is 19.9 Å². The molecule has 1 aromatic carbocycles. The fraction of sp³-hybridized carbons (Fsp3) is 0.353. The van der Waals surface area contributed by atoms with E-state index in [0.717, 1.165) is 16.9 Å². The van der Waals surface area contributed by atoms with Crippen LogP contribution in [0.5, 0.6) is 0 Å². The molecule has 0 bridgehead atoms. The summed E-state index contributed by atoms with van der Waals surface area (Å²) in [6.45, 7) is 6.09. The van der Waals surface area contributed by atoms with Gasteiger partial charge in [0, 0.05) is 11.9 Å². The first-order valence-corrected chi connectivity index (χ1v) is 7.87. The SMILES string of the molecule is CCc1cc(C(=O)N(C)C(C)c2ccc(F)cc2)sc1C. The van der Waals surface area contributed by atoms with Gasteiger partial charge in [-0.3, -0.25) is 4.79 Å². The molecule has 0 spiro atoms. The van der Waals surface area contributed by atoms with Crippen LogP contribution in [0.3, 0.4) is 0 Å². The van der Waals surface area contributed by atoms with Gasteiger partial charge in [-0.15, -0.1) is 11.3 Å². The van der Waals surface area contributed by atoms with Gasteiger partial charge in [0.15, 0.2) is 0 Å². The van der Waals surface area contributed by atoms with Crippen molar-refractivity contribution < 1.29 is 9.18 Å². The van der Waals surface area contributed by atoms with E-state index in [9.17, 15) is 9.18 Å². The molecule has 0 N–H and O–H groups in total. The number of benzene rings is 1. The molecule has 0 saturated heterocycles. The Morgan fingerprint density at radius 1 is 1.33 bits per heavy atom. The van der Waals surface area contributed by atoms with Crippen molar-refractivity contribution in [2.75, 3.05) is 7.05 Å². The molecule has 1 aromatic heterocycles. The Balaban J connectivity index is 2.19. The van der Waals surface area contributed by atoms with Crippen molar-refractivity contribution in [1.29, 1.82) is 0 Å². The molecule has 1 amide bonds. The number of hydrogen-bond donors (Lipinski definition) is 0. The lowest BCUT2D eigenvalue weighted by Crippen LogP contribution is -2.29. The highest BCUT2D eigenvalue weighted by Gasteiger charge is 2.21. The summed E-state index contributed by atoms with van der Waals surface area (Å²) < 4.78 is 13.0. The molecular formula is C17H20FNOS. The van der Waals surface area contributed by atoms with Crippen LogP contribution in [0, 0.1) is 12.7 Å². The molecule has 0 fully saturated rings. The lowest BCUT2D eigenvalue weighted by Gasteiger charge is -2.24. The number of aryl methyl sites for hydroxylation is 2. The second-order valence-electron chi connectivity index (χ2n) is 5.19. The minimum Gasteiger partial charge on any atom is -0.334 e. The van der Waals surface area contributed by atoms with Crippen LogP contribution in [-0.4, -0.2) is 17.9 Å². The van der Waals surface area contributed by atoms with Crippen molar-refractivity contribution >= 4 is 17.2 Å². The van der Waals surface area contributed by atoms with Crippen molar-refractivity contribution in [3.05, 3.63) is 57.0 Å². The number of carbonyl (C=O) groups excluding carboxylic acids is 1. The van der Waals surface area contributed by atoms with Gasteiger partial charge in [0.1, 0.15) is 5.82 Å². The normalized spacial score (nSPS) is 12.2. The highest BCUT2D eigenvalue weighted by Crippen LogP contribution is 2.26. The van der Waals surface area contributed by atoms with Crippen LogP contribution in [0.1, 0.15) is 45.6 Å². The maximum atomic E-state index is 13.0. The Morgan fingerprint density at radius 3 is 2.48 bits per heavy atom. The van der Waals surface area contributed by atoms with Crippen molar-refractivity contribution in [3.63, 3.8) is 0 Å². The lowest BCUT2D eigenvalue weighted by molar-refractivity contribution is 0.0747. The van der Waals surface area contributed by atoms with Crippen LogP contribution in [0.25, 0.3) is 0 Å². The van der Waals surface area contributed by atoms with Gasteiger partial charge in [-0.2, -0.15) is 0 Å². The number of rotatable bonds is 4. The predicted molar refractivity (Wildman–Crippen MR) is 85.3 cm³/mol. The third kappa shape index (κ3) is 3.32. The van der Waals surface area contributed by atoms with Crippen LogP contribution >= 0.6 is 11.3 Å². The number of amides is 1. The van der Waals surface area contributed by atoms with Crippen LogP contribution < -0.4 is 0 Å². The molecular weight excluding hydrogens is 285 g/mol. The molecule has 0 aliphatic carbocycles. The average molecular weight is 305 g/mol. The van der Waals surface area contributed by atoms with Crippen LogP contribution in [0.4, 0.5) is 4.39 Å². The Hall–Kier alpha value is -1.68. The molecule has 2 aromatic rings. The highest BCUT2D eigenvalue weighted by atomic mass is 32.1. The summed E-state index contributed by atoms with van der Waals surface area (Å²) in [5.41, 5.74) is 2.16. The van der Waals surface area contributed by atoms with Crippen LogP contribution in [-0.2, 0) is 6.42 Å². The average Bonchev–Trinajstić information content (AvgIpc) is 2.87. The summed E-state index contributed by atoms with van der Waals surface area (Å²) in [6.07, 6.45) is 0.937. The Bertz CT molecular complexity index is 633. The minimum absolute atomic E-state index is 0.0135. The molecule has 4 heteroatoms. The van der Waals surface area contributed by atoms with E-state index >= 15 is 0 Å². The molecule has 112 valence electrons. The zero-order valence-corrected chi connectivity index (χ0v) is 13.6. The molecule has 21 heavy (non-hydrogen) atoms. The zero-order valence-electron chi connectivity index (χ0n) is 12.8. The van der Waals surface area contributed by atoms with E-state index in [2.05, 4.69) is 6.92 Å². The molecule has 0 aliphatic rings. The van der Waals surface area contributed by atoms with Crippen LogP contribution in [0.2, 0.25) is 0 Å². The summed E-state index contributed by atoms with van der Waals surface area (Å²) in [5, 5.41) is 0. The number of hydrogen-bond acceptors (Lipinski definition) is 2. The fourth-order valence-corrected chi connectivity index (χ4v) is 3.39. The standard InChI is InChI=1S/C17H20FNOS/c1-5-13-10-16(21-12(13)3)17(20)19(4)11(2)14-6-8-15(18)9-7-14/h6-11H,5H2,1-4H3. The maximum absolute atomic E-state index is 13.0. The summed E-state index contributed by atoms with van der Waals surface area (Å²) in [4.78, 5) is 16.2. The van der Waals surface area contributed by atoms with Gasteiger partial charge >= 0.3 is 0 Å². The molecule has 2 nitrogen and oxygen atoms in total. The Morgan fingerprint density at radius 2 is 1.95 bits per heavy atom. The minimum atomic E-state index is -0.263. The summed E-state index contributed by atoms with van der Waals surface area (Å²) in [5.74, 6) is -0.249. The molecule has 1 heterocycles. The van der Waals surface area contributed by atoms with E-state index in [1.165, 1.54) is 33.9 Å². The first kappa shape index (κ1) is 15.7. The van der Waals surface area contributed by atoms with Crippen molar-refractivity contribution in [2.24, 2.45) is 0 Å². The van der Waals surface area contributed by atoms with Gasteiger partial charge in [0.25, 0.3) is 5.91 Å². The smallest absolute Gasteiger partial charge is 0.264 e. The summed E-state index contributed by atoms with van der Waals surface area (Å²) >= 11 is 1.54. The third-order valence-electron chi connectivity index (χ3n) is 3.87. The first-order valence-electron chi connectivity index (χ1n) is 7.06. The number of carbonyl (C=O) groups is 1. The van der Waals surface area contributed by atoms with Gasteiger partial charge in [0.2, 0.25) is 0 Å².